The summed E-state index contributed by atoms with van der Waals surface area (Å²) in [6.45, 7) is 5.83. The molecule has 2 aliphatic rings. The van der Waals surface area contributed by atoms with Crippen LogP contribution in [0.1, 0.15) is 65.2 Å². The molecule has 106 valence electrons. The first-order chi connectivity index (χ1) is 8.33. The first kappa shape index (κ1) is 14.3. The largest absolute Gasteiger partial charge is 0.389 e. The maximum absolute atomic E-state index is 10.5. The van der Waals surface area contributed by atoms with Crippen LogP contribution in [0.3, 0.4) is 0 Å². The van der Waals surface area contributed by atoms with Gasteiger partial charge in [-0.1, -0.05) is 26.7 Å². The predicted octanol–water partition coefficient (Wildman–Crippen LogP) is 2.21. The van der Waals surface area contributed by atoms with Crippen LogP contribution in [0, 0.1) is 5.41 Å². The van der Waals surface area contributed by atoms with E-state index < -0.39 is 11.2 Å². The van der Waals surface area contributed by atoms with Crippen molar-refractivity contribution in [2.45, 2.75) is 76.4 Å². The molecule has 0 amide bonds. The molecular weight excluding hydrogens is 226 g/mol. The van der Waals surface area contributed by atoms with Crippen LogP contribution in [-0.4, -0.2) is 34.5 Å². The van der Waals surface area contributed by atoms with Crippen molar-refractivity contribution in [3.8, 4) is 0 Å². The highest BCUT2D eigenvalue weighted by molar-refractivity contribution is 4.92. The van der Waals surface area contributed by atoms with Gasteiger partial charge in [-0.3, -0.25) is 0 Å². The fourth-order valence-electron chi connectivity index (χ4n) is 3.31. The molecule has 2 aliphatic carbocycles. The van der Waals surface area contributed by atoms with Gasteiger partial charge in [-0.05, 0) is 43.9 Å². The van der Waals surface area contributed by atoms with Crippen molar-refractivity contribution in [3.63, 3.8) is 0 Å². The summed E-state index contributed by atoms with van der Waals surface area (Å²) in [5, 5.41) is 24.1. The summed E-state index contributed by atoms with van der Waals surface area (Å²) in [5.74, 6) is 0. The number of rotatable bonds is 4. The Morgan fingerprint density at radius 2 is 1.22 bits per heavy atom. The second kappa shape index (κ2) is 5.10. The molecule has 0 aromatic heterocycles. The minimum atomic E-state index is -0.551. The Balaban J connectivity index is 1.73. The normalized spacial score (nSPS) is 29.3. The molecule has 0 atom stereocenters. The SMILES string of the molecule is CC1(C)CCC(O)(CNCC2(O)CCCC2)CC1. The lowest BCUT2D eigenvalue weighted by Gasteiger charge is -2.40. The molecule has 0 heterocycles. The summed E-state index contributed by atoms with van der Waals surface area (Å²) in [4.78, 5) is 0. The van der Waals surface area contributed by atoms with Gasteiger partial charge in [-0.25, -0.2) is 0 Å². The van der Waals surface area contributed by atoms with E-state index in [4.69, 9.17) is 0 Å². The second-order valence-electron chi connectivity index (χ2n) is 7.42. The summed E-state index contributed by atoms with van der Waals surface area (Å²) < 4.78 is 0. The van der Waals surface area contributed by atoms with E-state index in [1.165, 1.54) is 0 Å². The number of hydrogen-bond acceptors (Lipinski definition) is 3. The number of nitrogens with one attached hydrogen (secondary N) is 1. The highest BCUT2D eigenvalue weighted by Crippen LogP contribution is 2.40. The first-order valence-electron chi connectivity index (χ1n) is 7.48. The third-order valence-corrected chi connectivity index (χ3v) is 4.98. The Labute approximate surface area is 111 Å². The topological polar surface area (TPSA) is 52.5 Å². The van der Waals surface area contributed by atoms with Crippen molar-refractivity contribution >= 4 is 0 Å². The summed E-state index contributed by atoms with van der Waals surface area (Å²) in [7, 11) is 0. The van der Waals surface area contributed by atoms with Gasteiger partial charge in [0.15, 0.2) is 0 Å². The minimum absolute atomic E-state index is 0.385. The summed E-state index contributed by atoms with van der Waals surface area (Å²) in [6, 6.07) is 0. The molecule has 3 nitrogen and oxygen atoms in total. The zero-order valence-electron chi connectivity index (χ0n) is 12.0. The van der Waals surface area contributed by atoms with E-state index in [9.17, 15) is 10.2 Å². The lowest BCUT2D eigenvalue weighted by atomic mass is 9.71. The van der Waals surface area contributed by atoms with Gasteiger partial charge in [0.25, 0.3) is 0 Å². The quantitative estimate of drug-likeness (QED) is 0.722. The average molecular weight is 255 g/mol. The van der Waals surface area contributed by atoms with Gasteiger partial charge >= 0.3 is 0 Å². The van der Waals surface area contributed by atoms with E-state index in [1.54, 1.807) is 0 Å². The third-order valence-electron chi connectivity index (χ3n) is 4.98. The molecule has 2 fully saturated rings. The Bertz CT molecular complexity index is 272. The van der Waals surface area contributed by atoms with E-state index in [0.29, 0.717) is 18.5 Å². The average Bonchev–Trinajstić information content (AvgIpc) is 2.71. The Hall–Kier alpha value is -0.120. The van der Waals surface area contributed by atoms with Crippen molar-refractivity contribution in [2.24, 2.45) is 5.41 Å². The third kappa shape index (κ3) is 3.69. The summed E-state index contributed by atoms with van der Waals surface area (Å²) in [6.07, 6.45) is 8.03. The standard InChI is InChI=1S/C15H29NO2/c1-13(2)7-9-15(18,10-8-13)12-16-11-14(17)5-3-4-6-14/h16-18H,3-12H2,1-2H3. The molecule has 0 spiro atoms. The van der Waals surface area contributed by atoms with Crippen LogP contribution in [0.15, 0.2) is 0 Å². The van der Waals surface area contributed by atoms with E-state index in [0.717, 1.165) is 51.4 Å². The summed E-state index contributed by atoms with van der Waals surface area (Å²) >= 11 is 0. The van der Waals surface area contributed by atoms with E-state index in [2.05, 4.69) is 19.2 Å². The molecule has 2 rings (SSSR count). The molecule has 0 bridgehead atoms. The zero-order chi connectivity index (χ0) is 13.3. The Kier molecular flexibility index (Phi) is 4.05. The van der Waals surface area contributed by atoms with Gasteiger partial charge in [0.2, 0.25) is 0 Å². The maximum Gasteiger partial charge on any atom is 0.0772 e. The van der Waals surface area contributed by atoms with E-state index in [1.807, 2.05) is 0 Å². The second-order valence-corrected chi connectivity index (χ2v) is 7.42. The van der Waals surface area contributed by atoms with Gasteiger partial charge in [0, 0.05) is 13.1 Å². The van der Waals surface area contributed by atoms with Crippen LogP contribution >= 0.6 is 0 Å². The van der Waals surface area contributed by atoms with E-state index in [-0.39, 0.29) is 0 Å². The van der Waals surface area contributed by atoms with Crippen LogP contribution in [0.4, 0.5) is 0 Å². The molecule has 2 saturated carbocycles. The highest BCUT2D eigenvalue weighted by Gasteiger charge is 2.37. The molecule has 0 aliphatic heterocycles. The Morgan fingerprint density at radius 1 is 0.778 bits per heavy atom. The molecule has 0 saturated heterocycles. The molecule has 0 unspecified atom stereocenters. The monoisotopic (exact) mass is 255 g/mol. The lowest BCUT2D eigenvalue weighted by Crippen LogP contribution is -2.48. The van der Waals surface area contributed by atoms with Gasteiger partial charge in [-0.15, -0.1) is 0 Å². The fraction of sp³-hybridized carbons (Fsp3) is 1.00. The van der Waals surface area contributed by atoms with Crippen LogP contribution < -0.4 is 5.32 Å². The molecule has 18 heavy (non-hydrogen) atoms. The zero-order valence-corrected chi connectivity index (χ0v) is 12.0. The van der Waals surface area contributed by atoms with Crippen molar-refractivity contribution in [1.29, 1.82) is 0 Å². The molecule has 0 aromatic rings. The number of aliphatic hydroxyl groups is 2. The fourth-order valence-corrected chi connectivity index (χ4v) is 3.31. The highest BCUT2D eigenvalue weighted by atomic mass is 16.3. The van der Waals surface area contributed by atoms with Crippen LogP contribution in [0.2, 0.25) is 0 Å². The minimum Gasteiger partial charge on any atom is -0.389 e. The van der Waals surface area contributed by atoms with Gasteiger partial charge < -0.3 is 15.5 Å². The van der Waals surface area contributed by atoms with Crippen LogP contribution in [-0.2, 0) is 0 Å². The Morgan fingerprint density at radius 3 is 1.72 bits per heavy atom. The molecule has 3 N–H and O–H groups in total. The smallest absolute Gasteiger partial charge is 0.0772 e. The van der Waals surface area contributed by atoms with Crippen molar-refractivity contribution in [2.75, 3.05) is 13.1 Å². The van der Waals surface area contributed by atoms with Crippen molar-refractivity contribution < 1.29 is 10.2 Å². The van der Waals surface area contributed by atoms with Crippen LogP contribution in [0.5, 0.6) is 0 Å². The maximum atomic E-state index is 10.5. The first-order valence-corrected chi connectivity index (χ1v) is 7.48. The van der Waals surface area contributed by atoms with E-state index >= 15 is 0 Å². The van der Waals surface area contributed by atoms with Gasteiger partial charge in [-0.2, -0.15) is 0 Å². The van der Waals surface area contributed by atoms with Crippen LogP contribution in [0.25, 0.3) is 0 Å². The summed E-state index contributed by atoms with van der Waals surface area (Å²) in [5.41, 5.74) is -0.676. The predicted molar refractivity (Wildman–Crippen MR) is 73.5 cm³/mol. The molecule has 0 radical (unpaired) electrons. The van der Waals surface area contributed by atoms with Crippen molar-refractivity contribution in [3.05, 3.63) is 0 Å². The molecule has 0 aromatic carbocycles. The molecular formula is C15H29NO2. The van der Waals surface area contributed by atoms with Crippen molar-refractivity contribution in [1.82, 2.24) is 5.32 Å². The van der Waals surface area contributed by atoms with Gasteiger partial charge in [0.05, 0.1) is 11.2 Å². The number of hydrogen-bond donors (Lipinski definition) is 3. The molecule has 3 heteroatoms. The van der Waals surface area contributed by atoms with Gasteiger partial charge in [0.1, 0.15) is 0 Å². The lowest BCUT2D eigenvalue weighted by molar-refractivity contribution is -0.0301.